The summed E-state index contributed by atoms with van der Waals surface area (Å²) >= 11 is 0. The van der Waals surface area contributed by atoms with Crippen LogP contribution in [-0.4, -0.2) is 11.7 Å². The summed E-state index contributed by atoms with van der Waals surface area (Å²) in [6, 6.07) is 5.68. The molecular weight excluding hydrogens is 186 g/mol. The standard InChI is InChI=1S/C11H15NO.C2H4/c1-2-3-9-4-5-10(6-7-12)11(13)8-9;1-2/h2,4-5,8,13H,1,3,6-7,12H2;1-2H2. The number of nitrogens with two attached hydrogens (primary N) is 1. The Morgan fingerprint density at radius 1 is 1.33 bits per heavy atom. The number of phenols is 1. The lowest BCUT2D eigenvalue weighted by atomic mass is 10.1. The minimum absolute atomic E-state index is 0.338. The van der Waals surface area contributed by atoms with Gasteiger partial charge >= 0.3 is 0 Å². The Labute approximate surface area is 91.7 Å². The van der Waals surface area contributed by atoms with E-state index in [4.69, 9.17) is 5.73 Å². The van der Waals surface area contributed by atoms with Gasteiger partial charge in [0.1, 0.15) is 5.75 Å². The Morgan fingerprint density at radius 2 is 2.00 bits per heavy atom. The number of hydrogen-bond donors (Lipinski definition) is 2. The minimum Gasteiger partial charge on any atom is -0.508 e. The van der Waals surface area contributed by atoms with E-state index < -0.39 is 0 Å². The lowest BCUT2D eigenvalue weighted by Gasteiger charge is -2.04. The van der Waals surface area contributed by atoms with Crippen LogP contribution in [0.2, 0.25) is 0 Å². The Morgan fingerprint density at radius 3 is 2.47 bits per heavy atom. The number of phenolic OH excluding ortho intramolecular Hbond substituents is 1. The van der Waals surface area contributed by atoms with Gasteiger partial charge in [0.2, 0.25) is 0 Å². The summed E-state index contributed by atoms with van der Waals surface area (Å²) in [5, 5.41) is 9.56. The largest absolute Gasteiger partial charge is 0.508 e. The average Bonchev–Trinajstić information content (AvgIpc) is 2.26. The lowest BCUT2D eigenvalue weighted by Crippen LogP contribution is -2.02. The number of aromatic hydroxyl groups is 1. The molecule has 0 fully saturated rings. The Bertz CT molecular complexity index is 307. The fourth-order valence-corrected chi connectivity index (χ4v) is 1.27. The maximum absolute atomic E-state index is 9.56. The molecule has 0 aliphatic heterocycles. The highest BCUT2D eigenvalue weighted by Crippen LogP contribution is 2.19. The topological polar surface area (TPSA) is 46.2 Å². The van der Waals surface area contributed by atoms with Crippen molar-refractivity contribution < 1.29 is 5.11 Å². The van der Waals surface area contributed by atoms with Crippen LogP contribution in [0.15, 0.2) is 44.0 Å². The first kappa shape index (κ1) is 13.5. The highest BCUT2D eigenvalue weighted by atomic mass is 16.3. The third kappa shape index (κ3) is 4.47. The Balaban J connectivity index is 0.000000921. The number of hydrogen-bond acceptors (Lipinski definition) is 2. The average molecular weight is 205 g/mol. The van der Waals surface area contributed by atoms with Gasteiger partial charge in [-0.2, -0.15) is 0 Å². The van der Waals surface area contributed by atoms with Gasteiger partial charge in [-0.3, -0.25) is 0 Å². The number of rotatable bonds is 4. The molecule has 0 heterocycles. The Hall–Kier alpha value is -1.54. The SMILES string of the molecule is C=C.C=CCc1ccc(CCN)c(O)c1. The predicted molar refractivity (Wildman–Crippen MR) is 66.0 cm³/mol. The summed E-state index contributed by atoms with van der Waals surface area (Å²) in [5.41, 5.74) is 7.39. The van der Waals surface area contributed by atoms with Crippen molar-refractivity contribution in [1.82, 2.24) is 0 Å². The van der Waals surface area contributed by atoms with Gasteiger partial charge in [-0.15, -0.1) is 19.7 Å². The molecule has 0 unspecified atom stereocenters. The first-order valence-electron chi connectivity index (χ1n) is 4.89. The summed E-state index contributed by atoms with van der Waals surface area (Å²) in [7, 11) is 0. The summed E-state index contributed by atoms with van der Waals surface area (Å²) in [5.74, 6) is 0.338. The highest BCUT2D eigenvalue weighted by Gasteiger charge is 2.00. The van der Waals surface area contributed by atoms with Gasteiger partial charge < -0.3 is 10.8 Å². The predicted octanol–water partition coefficient (Wildman–Crippen LogP) is 2.42. The van der Waals surface area contributed by atoms with Crippen molar-refractivity contribution in [3.05, 3.63) is 55.1 Å². The van der Waals surface area contributed by atoms with Crippen LogP contribution in [0.25, 0.3) is 0 Å². The van der Waals surface area contributed by atoms with E-state index in [-0.39, 0.29) is 0 Å². The second-order valence-corrected chi connectivity index (χ2v) is 2.99. The molecule has 0 radical (unpaired) electrons. The second kappa shape index (κ2) is 7.83. The Kier molecular flexibility index (Phi) is 7.02. The van der Waals surface area contributed by atoms with Crippen molar-refractivity contribution in [2.24, 2.45) is 5.73 Å². The maximum atomic E-state index is 9.56. The van der Waals surface area contributed by atoms with E-state index >= 15 is 0 Å². The van der Waals surface area contributed by atoms with Crippen molar-refractivity contribution >= 4 is 0 Å². The molecule has 3 N–H and O–H groups in total. The molecule has 15 heavy (non-hydrogen) atoms. The van der Waals surface area contributed by atoms with Crippen molar-refractivity contribution in [2.45, 2.75) is 12.8 Å². The highest BCUT2D eigenvalue weighted by molar-refractivity contribution is 5.37. The minimum atomic E-state index is 0.338. The zero-order chi connectivity index (χ0) is 11.7. The van der Waals surface area contributed by atoms with Crippen LogP contribution >= 0.6 is 0 Å². The van der Waals surface area contributed by atoms with Crippen LogP contribution in [0.5, 0.6) is 5.75 Å². The molecule has 0 saturated heterocycles. The van der Waals surface area contributed by atoms with Gasteiger partial charge in [0.05, 0.1) is 0 Å². The van der Waals surface area contributed by atoms with Crippen LogP contribution in [0.3, 0.4) is 0 Å². The van der Waals surface area contributed by atoms with Crippen LogP contribution in [0.4, 0.5) is 0 Å². The fraction of sp³-hybridized carbons (Fsp3) is 0.231. The molecule has 2 nitrogen and oxygen atoms in total. The zero-order valence-corrected chi connectivity index (χ0v) is 9.08. The second-order valence-electron chi connectivity index (χ2n) is 2.99. The van der Waals surface area contributed by atoms with Crippen LogP contribution in [-0.2, 0) is 12.8 Å². The molecule has 0 saturated carbocycles. The van der Waals surface area contributed by atoms with E-state index in [0.717, 1.165) is 24.0 Å². The van der Waals surface area contributed by atoms with E-state index in [2.05, 4.69) is 19.7 Å². The van der Waals surface area contributed by atoms with Crippen molar-refractivity contribution in [1.29, 1.82) is 0 Å². The molecule has 0 bridgehead atoms. The quantitative estimate of drug-likeness (QED) is 0.741. The van der Waals surface area contributed by atoms with Gasteiger partial charge in [0.15, 0.2) is 0 Å². The molecule has 1 aromatic rings. The molecule has 0 amide bonds. The zero-order valence-electron chi connectivity index (χ0n) is 9.08. The van der Waals surface area contributed by atoms with E-state index in [0.29, 0.717) is 12.3 Å². The van der Waals surface area contributed by atoms with E-state index in [1.165, 1.54) is 0 Å². The monoisotopic (exact) mass is 205 g/mol. The summed E-state index contributed by atoms with van der Waals surface area (Å²) in [6.45, 7) is 10.2. The molecule has 0 spiro atoms. The van der Waals surface area contributed by atoms with Crippen molar-refractivity contribution in [3.63, 3.8) is 0 Å². The summed E-state index contributed by atoms with van der Waals surface area (Å²) < 4.78 is 0. The summed E-state index contributed by atoms with van der Waals surface area (Å²) in [4.78, 5) is 0. The molecule has 0 aromatic heterocycles. The van der Waals surface area contributed by atoms with Crippen LogP contribution in [0.1, 0.15) is 11.1 Å². The molecule has 2 heteroatoms. The van der Waals surface area contributed by atoms with Gasteiger partial charge in [-0.25, -0.2) is 0 Å². The van der Waals surface area contributed by atoms with Gasteiger partial charge in [-0.05, 0) is 36.6 Å². The third-order valence-corrected chi connectivity index (χ3v) is 1.94. The van der Waals surface area contributed by atoms with Crippen LogP contribution < -0.4 is 5.73 Å². The van der Waals surface area contributed by atoms with Crippen molar-refractivity contribution in [2.75, 3.05) is 6.54 Å². The molecule has 1 aromatic carbocycles. The van der Waals surface area contributed by atoms with Crippen molar-refractivity contribution in [3.8, 4) is 5.75 Å². The molecule has 1 rings (SSSR count). The van der Waals surface area contributed by atoms with Gasteiger partial charge in [0, 0.05) is 0 Å². The third-order valence-electron chi connectivity index (χ3n) is 1.94. The number of benzene rings is 1. The number of allylic oxidation sites excluding steroid dienone is 1. The normalized spacial score (nSPS) is 8.87. The van der Waals surface area contributed by atoms with E-state index in [1.807, 2.05) is 18.2 Å². The van der Waals surface area contributed by atoms with E-state index in [1.54, 1.807) is 6.07 Å². The maximum Gasteiger partial charge on any atom is 0.119 e. The van der Waals surface area contributed by atoms with E-state index in [9.17, 15) is 5.11 Å². The van der Waals surface area contributed by atoms with Gasteiger partial charge in [-0.1, -0.05) is 18.2 Å². The molecular formula is C13H19NO. The summed E-state index contributed by atoms with van der Waals surface area (Å²) in [6.07, 6.45) is 3.33. The van der Waals surface area contributed by atoms with Crippen LogP contribution in [0, 0.1) is 0 Å². The first-order valence-corrected chi connectivity index (χ1v) is 4.89. The first-order chi connectivity index (χ1) is 7.27. The van der Waals surface area contributed by atoms with Gasteiger partial charge in [0.25, 0.3) is 0 Å². The molecule has 0 aliphatic carbocycles. The molecule has 0 aliphatic rings. The smallest absolute Gasteiger partial charge is 0.119 e. The molecule has 82 valence electrons. The fourth-order valence-electron chi connectivity index (χ4n) is 1.27. The molecule has 0 atom stereocenters. The lowest BCUT2D eigenvalue weighted by molar-refractivity contribution is 0.467.